The molecule has 1 unspecified atom stereocenters. The molecule has 0 aromatic heterocycles. The molecule has 0 bridgehead atoms. The summed E-state index contributed by atoms with van der Waals surface area (Å²) in [6, 6.07) is 15.8. The molecule has 2 heterocycles. The summed E-state index contributed by atoms with van der Waals surface area (Å²) in [5, 5.41) is 0. The van der Waals surface area contributed by atoms with Crippen molar-refractivity contribution >= 4 is 23.2 Å². The molecular weight excluding hydrogens is 366 g/mol. The van der Waals surface area contributed by atoms with Crippen LogP contribution in [0.15, 0.2) is 48.5 Å². The van der Waals surface area contributed by atoms with Crippen LogP contribution < -0.4 is 14.5 Å². The van der Waals surface area contributed by atoms with Gasteiger partial charge in [0.25, 0.3) is 5.91 Å². The van der Waals surface area contributed by atoms with E-state index >= 15 is 0 Å². The van der Waals surface area contributed by atoms with E-state index in [1.807, 2.05) is 35.2 Å². The van der Waals surface area contributed by atoms with Crippen LogP contribution in [0.5, 0.6) is 5.75 Å². The number of aryl methyl sites for hydroxylation is 1. The molecule has 2 aromatic carbocycles. The normalized spacial score (nSPS) is 19.0. The molecule has 1 atom stereocenters. The van der Waals surface area contributed by atoms with Crippen LogP contribution in [0.3, 0.4) is 0 Å². The minimum absolute atomic E-state index is 0.0962. The number of ether oxygens (including phenoxy) is 1. The third kappa shape index (κ3) is 3.92. The summed E-state index contributed by atoms with van der Waals surface area (Å²) in [4.78, 5) is 31.3. The number of anilines is 2. The first-order chi connectivity index (χ1) is 14.0. The van der Waals surface area contributed by atoms with E-state index in [1.54, 1.807) is 11.8 Å². The van der Waals surface area contributed by atoms with E-state index in [0.717, 1.165) is 18.8 Å². The SMILES string of the molecule is Cc1ccccc1N1CCN(C(=O)CCN2C(=O)C(C)Oc3ccccc32)CC1. The van der Waals surface area contributed by atoms with Crippen LogP contribution in [-0.4, -0.2) is 55.5 Å². The Balaban J connectivity index is 1.35. The molecule has 0 radical (unpaired) electrons. The van der Waals surface area contributed by atoms with Gasteiger partial charge in [-0.2, -0.15) is 0 Å². The number of fused-ring (bicyclic) bond motifs is 1. The molecular formula is C23H27N3O3. The van der Waals surface area contributed by atoms with Gasteiger partial charge >= 0.3 is 0 Å². The number of hydrogen-bond donors (Lipinski definition) is 0. The number of nitrogens with zero attached hydrogens (tertiary/aromatic N) is 3. The highest BCUT2D eigenvalue weighted by Gasteiger charge is 2.32. The molecule has 1 fully saturated rings. The second kappa shape index (κ2) is 8.15. The Morgan fingerprint density at radius 3 is 2.38 bits per heavy atom. The van der Waals surface area contributed by atoms with Crippen molar-refractivity contribution in [1.29, 1.82) is 0 Å². The quantitative estimate of drug-likeness (QED) is 0.802. The van der Waals surface area contributed by atoms with Crippen molar-refractivity contribution in [2.24, 2.45) is 0 Å². The number of benzene rings is 2. The van der Waals surface area contributed by atoms with Crippen molar-refractivity contribution in [2.75, 3.05) is 42.5 Å². The lowest BCUT2D eigenvalue weighted by atomic mass is 10.1. The Kier molecular flexibility index (Phi) is 5.43. The summed E-state index contributed by atoms with van der Waals surface area (Å²) >= 11 is 0. The largest absolute Gasteiger partial charge is 0.479 e. The third-order valence-corrected chi connectivity index (χ3v) is 5.71. The van der Waals surface area contributed by atoms with Gasteiger partial charge in [0.1, 0.15) is 5.75 Å². The van der Waals surface area contributed by atoms with Crippen LogP contribution in [-0.2, 0) is 9.59 Å². The van der Waals surface area contributed by atoms with Gasteiger partial charge in [-0.1, -0.05) is 30.3 Å². The maximum atomic E-state index is 12.8. The van der Waals surface area contributed by atoms with Gasteiger partial charge in [0.05, 0.1) is 5.69 Å². The molecule has 4 rings (SSSR count). The fourth-order valence-corrected chi connectivity index (χ4v) is 4.07. The summed E-state index contributed by atoms with van der Waals surface area (Å²) in [7, 11) is 0. The number of para-hydroxylation sites is 3. The maximum Gasteiger partial charge on any atom is 0.267 e. The minimum Gasteiger partial charge on any atom is -0.479 e. The molecule has 2 aliphatic rings. The fourth-order valence-electron chi connectivity index (χ4n) is 4.07. The molecule has 2 aromatic rings. The summed E-state index contributed by atoms with van der Waals surface area (Å²) < 4.78 is 5.67. The predicted molar refractivity (Wildman–Crippen MR) is 113 cm³/mol. The van der Waals surface area contributed by atoms with Crippen LogP contribution in [0.4, 0.5) is 11.4 Å². The molecule has 6 heteroatoms. The zero-order valence-electron chi connectivity index (χ0n) is 17.0. The van der Waals surface area contributed by atoms with Gasteiger partial charge < -0.3 is 19.4 Å². The first-order valence-corrected chi connectivity index (χ1v) is 10.2. The van der Waals surface area contributed by atoms with E-state index in [9.17, 15) is 9.59 Å². The van der Waals surface area contributed by atoms with E-state index in [0.29, 0.717) is 31.8 Å². The molecule has 1 saturated heterocycles. The highest BCUT2D eigenvalue weighted by atomic mass is 16.5. The van der Waals surface area contributed by atoms with Gasteiger partial charge in [-0.05, 0) is 37.6 Å². The average molecular weight is 393 g/mol. The second-order valence-electron chi connectivity index (χ2n) is 7.62. The number of piperazine rings is 1. The number of rotatable bonds is 4. The van der Waals surface area contributed by atoms with Gasteiger partial charge in [0.15, 0.2) is 6.10 Å². The predicted octanol–water partition coefficient (Wildman–Crippen LogP) is 2.85. The van der Waals surface area contributed by atoms with Crippen molar-refractivity contribution < 1.29 is 14.3 Å². The smallest absolute Gasteiger partial charge is 0.267 e. The Morgan fingerprint density at radius 2 is 1.66 bits per heavy atom. The molecule has 0 N–H and O–H groups in total. The monoisotopic (exact) mass is 393 g/mol. The van der Waals surface area contributed by atoms with Crippen LogP contribution in [0.1, 0.15) is 18.9 Å². The number of carbonyl (C=O) groups is 2. The lowest BCUT2D eigenvalue weighted by molar-refractivity contribution is -0.131. The molecule has 2 amide bonds. The molecule has 0 saturated carbocycles. The summed E-state index contributed by atoms with van der Waals surface area (Å²) in [5.74, 6) is 0.693. The van der Waals surface area contributed by atoms with E-state index in [2.05, 4.69) is 30.0 Å². The number of carbonyl (C=O) groups excluding carboxylic acids is 2. The van der Waals surface area contributed by atoms with Gasteiger partial charge in [-0.25, -0.2) is 0 Å². The molecule has 0 spiro atoms. The highest BCUT2D eigenvalue weighted by Crippen LogP contribution is 2.33. The van der Waals surface area contributed by atoms with Crippen molar-refractivity contribution in [3.8, 4) is 5.75 Å². The topological polar surface area (TPSA) is 53.1 Å². The molecule has 152 valence electrons. The lowest BCUT2D eigenvalue weighted by Gasteiger charge is -2.37. The minimum atomic E-state index is -0.530. The van der Waals surface area contributed by atoms with Crippen LogP contribution >= 0.6 is 0 Å². The third-order valence-electron chi connectivity index (χ3n) is 5.71. The van der Waals surface area contributed by atoms with Gasteiger partial charge in [0.2, 0.25) is 5.91 Å². The summed E-state index contributed by atoms with van der Waals surface area (Å²) in [6.07, 6.45) is -0.213. The van der Waals surface area contributed by atoms with Crippen molar-refractivity contribution in [3.63, 3.8) is 0 Å². The van der Waals surface area contributed by atoms with Crippen molar-refractivity contribution in [1.82, 2.24) is 4.90 Å². The van der Waals surface area contributed by atoms with E-state index < -0.39 is 6.10 Å². The summed E-state index contributed by atoms with van der Waals surface area (Å²) in [5.41, 5.74) is 3.24. The van der Waals surface area contributed by atoms with Crippen molar-refractivity contribution in [2.45, 2.75) is 26.4 Å². The zero-order valence-corrected chi connectivity index (χ0v) is 17.0. The Labute approximate surface area is 171 Å². The first-order valence-electron chi connectivity index (χ1n) is 10.2. The van der Waals surface area contributed by atoms with E-state index in [4.69, 9.17) is 4.74 Å². The summed E-state index contributed by atoms with van der Waals surface area (Å²) in [6.45, 7) is 7.30. The molecule has 2 aliphatic heterocycles. The van der Waals surface area contributed by atoms with Crippen molar-refractivity contribution in [3.05, 3.63) is 54.1 Å². The maximum absolute atomic E-state index is 12.8. The number of hydrogen-bond acceptors (Lipinski definition) is 4. The molecule has 29 heavy (non-hydrogen) atoms. The second-order valence-corrected chi connectivity index (χ2v) is 7.62. The Morgan fingerprint density at radius 1 is 1.00 bits per heavy atom. The lowest BCUT2D eigenvalue weighted by Crippen LogP contribution is -2.50. The molecule has 0 aliphatic carbocycles. The Bertz CT molecular complexity index is 906. The zero-order chi connectivity index (χ0) is 20.4. The van der Waals surface area contributed by atoms with E-state index in [-0.39, 0.29) is 11.8 Å². The highest BCUT2D eigenvalue weighted by molar-refractivity contribution is 6.00. The fraction of sp³-hybridized carbons (Fsp3) is 0.391. The first kappa shape index (κ1) is 19.3. The standard InChI is InChI=1S/C23H27N3O3/c1-17-7-3-4-8-19(17)24-13-15-25(16-14-24)22(27)11-12-26-20-9-5-6-10-21(20)29-18(2)23(26)28/h3-10,18H,11-16H2,1-2H3. The van der Waals surface area contributed by atoms with Crippen LogP contribution in [0, 0.1) is 6.92 Å². The number of amides is 2. The van der Waals surface area contributed by atoms with Crippen LogP contribution in [0.2, 0.25) is 0 Å². The van der Waals surface area contributed by atoms with Gasteiger partial charge in [0, 0.05) is 44.8 Å². The Hall–Kier alpha value is -3.02. The molecule has 6 nitrogen and oxygen atoms in total. The van der Waals surface area contributed by atoms with Gasteiger partial charge in [-0.15, -0.1) is 0 Å². The van der Waals surface area contributed by atoms with Gasteiger partial charge in [-0.3, -0.25) is 9.59 Å². The average Bonchev–Trinajstić information content (AvgIpc) is 2.74. The van der Waals surface area contributed by atoms with E-state index in [1.165, 1.54) is 11.3 Å². The van der Waals surface area contributed by atoms with Crippen LogP contribution in [0.25, 0.3) is 0 Å².